The zero-order chi connectivity index (χ0) is 18.0. The van der Waals surface area contributed by atoms with E-state index in [0.29, 0.717) is 6.29 Å². The van der Waals surface area contributed by atoms with Gasteiger partial charge in [-0.25, -0.2) is 0 Å². The highest BCUT2D eigenvalue weighted by atomic mass is 16.5. The number of esters is 1. The molecule has 0 fully saturated rings. The van der Waals surface area contributed by atoms with Crippen LogP contribution in [0.1, 0.15) is 43.6 Å². The van der Waals surface area contributed by atoms with E-state index in [4.69, 9.17) is 4.74 Å². The van der Waals surface area contributed by atoms with E-state index in [2.05, 4.69) is 36.4 Å². The molecule has 25 heavy (non-hydrogen) atoms. The van der Waals surface area contributed by atoms with E-state index in [-0.39, 0.29) is 0 Å². The average molecular weight is 334 g/mol. The van der Waals surface area contributed by atoms with Gasteiger partial charge in [0.25, 0.3) is 0 Å². The van der Waals surface area contributed by atoms with E-state index in [1.807, 2.05) is 25.1 Å². The number of hydrogen-bond acceptors (Lipinski definition) is 3. The number of allylic oxidation sites excluding steroid dienone is 3. The van der Waals surface area contributed by atoms with Crippen LogP contribution >= 0.6 is 0 Å². The second kappa shape index (κ2) is 6.67. The maximum atomic E-state index is 12.2. The number of hydrogen-bond donors (Lipinski definition) is 0. The summed E-state index contributed by atoms with van der Waals surface area (Å²) < 4.78 is 5.57. The van der Waals surface area contributed by atoms with Crippen molar-refractivity contribution in [2.24, 2.45) is 5.41 Å². The van der Waals surface area contributed by atoms with Gasteiger partial charge in [0.1, 0.15) is 17.8 Å². The number of benzene rings is 2. The summed E-state index contributed by atoms with van der Waals surface area (Å²) in [7, 11) is 0. The molecule has 3 rings (SSSR count). The van der Waals surface area contributed by atoms with Gasteiger partial charge in [0.15, 0.2) is 0 Å². The molecule has 0 bridgehead atoms. The predicted octanol–water partition coefficient (Wildman–Crippen LogP) is 4.79. The van der Waals surface area contributed by atoms with Gasteiger partial charge in [0.05, 0.1) is 0 Å². The molecule has 1 aliphatic rings. The second-order valence-electron chi connectivity index (χ2n) is 7.00. The molecule has 1 atom stereocenters. The fourth-order valence-electron chi connectivity index (χ4n) is 2.96. The SMILES string of the molecule is CC(OC(=O)C(C)(C)C=O)c1cccc2cc3c(cc12)C=CC=CC3. The first-order valence-corrected chi connectivity index (χ1v) is 8.48. The first-order valence-electron chi connectivity index (χ1n) is 8.48. The van der Waals surface area contributed by atoms with Gasteiger partial charge < -0.3 is 9.53 Å². The van der Waals surface area contributed by atoms with Crippen molar-refractivity contribution in [3.63, 3.8) is 0 Å². The average Bonchev–Trinajstić information content (AvgIpc) is 2.83. The largest absolute Gasteiger partial charge is 0.457 e. The molecule has 2 aromatic carbocycles. The Balaban J connectivity index is 2.00. The topological polar surface area (TPSA) is 43.4 Å². The molecule has 3 heteroatoms. The minimum absolute atomic E-state index is 0.429. The van der Waals surface area contributed by atoms with E-state index in [1.54, 1.807) is 13.8 Å². The van der Waals surface area contributed by atoms with Gasteiger partial charge in [-0.05, 0) is 60.7 Å². The van der Waals surface area contributed by atoms with Crippen molar-refractivity contribution in [3.8, 4) is 0 Å². The Morgan fingerprint density at radius 1 is 1.24 bits per heavy atom. The molecule has 0 aromatic heterocycles. The Bertz CT molecular complexity index is 888. The lowest BCUT2D eigenvalue weighted by Crippen LogP contribution is -2.28. The van der Waals surface area contributed by atoms with E-state index in [0.717, 1.165) is 22.8 Å². The Morgan fingerprint density at radius 2 is 2.04 bits per heavy atom. The zero-order valence-electron chi connectivity index (χ0n) is 14.8. The summed E-state index contributed by atoms with van der Waals surface area (Å²) in [6, 6.07) is 10.4. The number of rotatable bonds is 4. The summed E-state index contributed by atoms with van der Waals surface area (Å²) in [5.41, 5.74) is 2.27. The van der Waals surface area contributed by atoms with E-state index < -0.39 is 17.5 Å². The minimum Gasteiger partial charge on any atom is -0.457 e. The van der Waals surface area contributed by atoms with Crippen LogP contribution in [-0.4, -0.2) is 12.3 Å². The van der Waals surface area contributed by atoms with Gasteiger partial charge in [-0.3, -0.25) is 4.79 Å². The molecule has 0 amide bonds. The lowest BCUT2D eigenvalue weighted by molar-refractivity contribution is -0.159. The Hall–Kier alpha value is -2.68. The van der Waals surface area contributed by atoms with Crippen LogP contribution in [0.3, 0.4) is 0 Å². The highest BCUT2D eigenvalue weighted by Gasteiger charge is 2.30. The molecule has 0 spiro atoms. The van der Waals surface area contributed by atoms with Crippen molar-refractivity contribution in [3.05, 3.63) is 65.3 Å². The molecule has 0 heterocycles. The standard InChI is InChI=1S/C22H22O3/c1-15(25-21(24)22(2,3)14-23)19-11-7-10-18-12-16-8-5-4-6-9-17(16)13-20(18)19/h4-7,9-15H,8H2,1-3H3. The number of ether oxygens (including phenoxy) is 1. The fraction of sp³-hybridized carbons (Fsp3) is 0.273. The molecule has 1 unspecified atom stereocenters. The number of fused-ring (bicyclic) bond motifs is 2. The fourth-order valence-corrected chi connectivity index (χ4v) is 2.96. The number of carbonyl (C=O) groups is 2. The third-order valence-electron chi connectivity index (χ3n) is 4.58. The van der Waals surface area contributed by atoms with Crippen molar-refractivity contribution in [2.75, 3.05) is 0 Å². The summed E-state index contributed by atoms with van der Waals surface area (Å²) in [6.07, 6.45) is 9.43. The molecular weight excluding hydrogens is 312 g/mol. The van der Waals surface area contributed by atoms with Crippen molar-refractivity contribution >= 4 is 29.1 Å². The summed E-state index contributed by atoms with van der Waals surface area (Å²) in [5, 5.41) is 2.19. The van der Waals surface area contributed by atoms with Crippen LogP contribution in [0.25, 0.3) is 16.8 Å². The third-order valence-corrected chi connectivity index (χ3v) is 4.58. The maximum absolute atomic E-state index is 12.2. The van der Waals surface area contributed by atoms with Crippen molar-refractivity contribution in [2.45, 2.75) is 33.3 Å². The zero-order valence-corrected chi connectivity index (χ0v) is 14.8. The summed E-state index contributed by atoms with van der Waals surface area (Å²) in [6.45, 7) is 4.97. The van der Waals surface area contributed by atoms with Gasteiger partial charge in [0, 0.05) is 0 Å². The summed E-state index contributed by atoms with van der Waals surface area (Å²) in [4.78, 5) is 23.3. The molecule has 0 N–H and O–H groups in total. The molecule has 128 valence electrons. The van der Waals surface area contributed by atoms with Crippen LogP contribution in [0.15, 0.2) is 48.6 Å². The number of carbonyl (C=O) groups excluding carboxylic acids is 2. The van der Waals surface area contributed by atoms with Crippen LogP contribution in [0.4, 0.5) is 0 Å². The van der Waals surface area contributed by atoms with Gasteiger partial charge in [-0.2, -0.15) is 0 Å². The highest BCUT2D eigenvalue weighted by Crippen LogP contribution is 2.31. The van der Waals surface area contributed by atoms with E-state index in [1.165, 1.54) is 11.1 Å². The maximum Gasteiger partial charge on any atom is 0.319 e. The Labute approximate surface area is 148 Å². The molecule has 0 saturated carbocycles. The van der Waals surface area contributed by atoms with Gasteiger partial charge in [0.2, 0.25) is 0 Å². The van der Waals surface area contributed by atoms with Crippen LogP contribution in [0.5, 0.6) is 0 Å². The monoisotopic (exact) mass is 334 g/mol. The first kappa shape index (κ1) is 17.2. The third kappa shape index (κ3) is 3.41. The van der Waals surface area contributed by atoms with E-state index >= 15 is 0 Å². The van der Waals surface area contributed by atoms with Crippen LogP contribution in [0.2, 0.25) is 0 Å². The highest BCUT2D eigenvalue weighted by molar-refractivity contribution is 5.93. The molecule has 0 radical (unpaired) electrons. The Morgan fingerprint density at radius 3 is 2.80 bits per heavy atom. The van der Waals surface area contributed by atoms with Crippen molar-refractivity contribution < 1.29 is 14.3 Å². The summed E-state index contributed by atoms with van der Waals surface area (Å²) in [5.74, 6) is -0.508. The van der Waals surface area contributed by atoms with Crippen LogP contribution in [0, 0.1) is 5.41 Å². The van der Waals surface area contributed by atoms with E-state index in [9.17, 15) is 9.59 Å². The first-order chi connectivity index (χ1) is 11.9. The molecule has 0 aliphatic heterocycles. The molecule has 3 nitrogen and oxygen atoms in total. The Kier molecular flexibility index (Phi) is 4.58. The second-order valence-corrected chi connectivity index (χ2v) is 7.00. The lowest BCUT2D eigenvalue weighted by Gasteiger charge is -2.21. The van der Waals surface area contributed by atoms with Crippen LogP contribution < -0.4 is 0 Å². The molecular formula is C22H22O3. The molecule has 0 saturated heterocycles. The van der Waals surface area contributed by atoms with Crippen LogP contribution in [-0.2, 0) is 20.7 Å². The van der Waals surface area contributed by atoms with Crippen molar-refractivity contribution in [1.29, 1.82) is 0 Å². The summed E-state index contributed by atoms with van der Waals surface area (Å²) >= 11 is 0. The molecule has 2 aromatic rings. The van der Waals surface area contributed by atoms with Gasteiger partial charge in [-0.1, -0.05) is 48.6 Å². The van der Waals surface area contributed by atoms with Crippen molar-refractivity contribution in [1.82, 2.24) is 0 Å². The lowest BCUT2D eigenvalue weighted by atomic mass is 9.94. The quantitative estimate of drug-likeness (QED) is 0.458. The van der Waals surface area contributed by atoms with Gasteiger partial charge in [-0.15, -0.1) is 0 Å². The molecule has 1 aliphatic carbocycles. The smallest absolute Gasteiger partial charge is 0.319 e. The van der Waals surface area contributed by atoms with Gasteiger partial charge >= 0.3 is 5.97 Å². The normalized spacial score (nSPS) is 14.7. The number of aldehydes is 1. The minimum atomic E-state index is -1.13. The predicted molar refractivity (Wildman–Crippen MR) is 100 cm³/mol.